The minimum Gasteiger partial charge on any atom is -0.479 e. The summed E-state index contributed by atoms with van der Waals surface area (Å²) in [6.07, 6.45) is 1.28. The second kappa shape index (κ2) is 7.86. The van der Waals surface area contributed by atoms with Gasteiger partial charge in [0.05, 0.1) is 5.02 Å². The summed E-state index contributed by atoms with van der Waals surface area (Å²) < 4.78 is 5.68. The molecule has 1 aromatic carbocycles. The fourth-order valence-corrected chi connectivity index (χ4v) is 2.72. The first-order valence-corrected chi connectivity index (χ1v) is 8.00. The van der Waals surface area contributed by atoms with Crippen molar-refractivity contribution in [3.8, 4) is 5.75 Å². The maximum absolute atomic E-state index is 12.4. The molecule has 1 atom stereocenters. The van der Waals surface area contributed by atoms with Gasteiger partial charge in [-0.05, 0) is 19.1 Å². The van der Waals surface area contributed by atoms with Gasteiger partial charge in [0.2, 0.25) is 0 Å². The summed E-state index contributed by atoms with van der Waals surface area (Å²) in [6, 6.07) is 4.96. The van der Waals surface area contributed by atoms with Crippen LogP contribution >= 0.6 is 23.2 Å². The van der Waals surface area contributed by atoms with Crippen LogP contribution in [-0.4, -0.2) is 54.5 Å². The molecular weight excluding hydrogens is 323 g/mol. The minimum atomic E-state index is -0.595. The number of hydrogen-bond acceptors (Lipinski definition) is 3. The fraction of sp³-hybridized carbons (Fsp3) is 0.438. The molecule has 6 heteroatoms. The highest BCUT2D eigenvalue weighted by Crippen LogP contribution is 2.28. The van der Waals surface area contributed by atoms with Gasteiger partial charge in [0.15, 0.2) is 6.10 Å². The van der Waals surface area contributed by atoms with Gasteiger partial charge in [-0.1, -0.05) is 29.3 Å². The monoisotopic (exact) mass is 342 g/mol. The SMILES string of the molecule is C=CCN1CCN(C(=O)C(C)Oc2cc(Cl)ccc2Cl)CC1. The number of benzene rings is 1. The highest BCUT2D eigenvalue weighted by molar-refractivity contribution is 6.34. The molecule has 1 aliphatic rings. The number of piperazine rings is 1. The Bertz CT molecular complexity index is 543. The van der Waals surface area contributed by atoms with Crippen molar-refractivity contribution < 1.29 is 9.53 Å². The van der Waals surface area contributed by atoms with Crippen LogP contribution in [0.25, 0.3) is 0 Å². The van der Waals surface area contributed by atoms with E-state index in [1.165, 1.54) is 0 Å². The smallest absolute Gasteiger partial charge is 0.263 e. The van der Waals surface area contributed by atoms with E-state index in [1.54, 1.807) is 25.1 Å². The zero-order chi connectivity index (χ0) is 16.1. The summed E-state index contributed by atoms with van der Waals surface area (Å²) in [4.78, 5) is 16.5. The molecule has 2 rings (SSSR count). The second-order valence-electron chi connectivity index (χ2n) is 5.25. The molecule has 1 aliphatic heterocycles. The number of nitrogens with zero attached hydrogens (tertiary/aromatic N) is 2. The molecule has 0 bridgehead atoms. The fourth-order valence-electron chi connectivity index (χ4n) is 2.40. The van der Waals surface area contributed by atoms with Gasteiger partial charge in [-0.25, -0.2) is 0 Å². The average molecular weight is 343 g/mol. The van der Waals surface area contributed by atoms with E-state index in [9.17, 15) is 4.79 Å². The van der Waals surface area contributed by atoms with Crippen molar-refractivity contribution >= 4 is 29.1 Å². The molecule has 1 heterocycles. The normalized spacial score (nSPS) is 17.1. The Balaban J connectivity index is 1.92. The zero-order valence-corrected chi connectivity index (χ0v) is 14.1. The van der Waals surface area contributed by atoms with Crippen LogP contribution in [0.5, 0.6) is 5.75 Å². The molecule has 0 radical (unpaired) electrons. The molecule has 0 aromatic heterocycles. The van der Waals surface area contributed by atoms with Crippen LogP contribution in [0.3, 0.4) is 0 Å². The Morgan fingerprint density at radius 2 is 2.05 bits per heavy atom. The Morgan fingerprint density at radius 3 is 2.68 bits per heavy atom. The summed E-state index contributed by atoms with van der Waals surface area (Å²) in [5, 5.41) is 0.969. The molecule has 1 saturated heterocycles. The predicted octanol–water partition coefficient (Wildman–Crippen LogP) is 3.09. The first-order valence-electron chi connectivity index (χ1n) is 7.25. The standard InChI is InChI=1S/C16H20Cl2N2O2/c1-3-6-19-7-9-20(10-8-19)16(21)12(2)22-15-11-13(17)4-5-14(15)18/h3-5,11-12H,1,6-10H2,2H3. The lowest BCUT2D eigenvalue weighted by molar-refractivity contribution is -0.139. The Kier molecular flexibility index (Phi) is 6.12. The predicted molar refractivity (Wildman–Crippen MR) is 89.8 cm³/mol. The largest absolute Gasteiger partial charge is 0.479 e. The third kappa shape index (κ3) is 4.38. The van der Waals surface area contributed by atoms with Crippen molar-refractivity contribution in [3.05, 3.63) is 40.9 Å². The van der Waals surface area contributed by atoms with E-state index in [2.05, 4.69) is 11.5 Å². The van der Waals surface area contributed by atoms with E-state index in [-0.39, 0.29) is 5.91 Å². The van der Waals surface area contributed by atoms with Crippen molar-refractivity contribution in [1.82, 2.24) is 9.80 Å². The van der Waals surface area contributed by atoms with E-state index in [0.29, 0.717) is 28.9 Å². The van der Waals surface area contributed by atoms with Crippen molar-refractivity contribution in [2.45, 2.75) is 13.0 Å². The summed E-state index contributed by atoms with van der Waals surface area (Å²) in [5.41, 5.74) is 0. The van der Waals surface area contributed by atoms with Crippen molar-refractivity contribution in [3.63, 3.8) is 0 Å². The third-order valence-electron chi connectivity index (χ3n) is 3.62. The molecule has 4 nitrogen and oxygen atoms in total. The molecular formula is C16H20Cl2N2O2. The molecule has 1 amide bonds. The topological polar surface area (TPSA) is 32.8 Å². The van der Waals surface area contributed by atoms with Gasteiger partial charge in [0.1, 0.15) is 5.75 Å². The molecule has 0 aliphatic carbocycles. The van der Waals surface area contributed by atoms with E-state index >= 15 is 0 Å². The summed E-state index contributed by atoms with van der Waals surface area (Å²) >= 11 is 12.0. The molecule has 22 heavy (non-hydrogen) atoms. The number of ether oxygens (including phenoxy) is 1. The maximum Gasteiger partial charge on any atom is 0.263 e. The van der Waals surface area contributed by atoms with E-state index < -0.39 is 6.10 Å². The van der Waals surface area contributed by atoms with E-state index in [4.69, 9.17) is 27.9 Å². The highest BCUT2D eigenvalue weighted by atomic mass is 35.5. The molecule has 120 valence electrons. The van der Waals surface area contributed by atoms with Crippen molar-refractivity contribution in [1.29, 1.82) is 0 Å². The lowest BCUT2D eigenvalue weighted by atomic mass is 10.2. The molecule has 1 unspecified atom stereocenters. The summed E-state index contributed by atoms with van der Waals surface area (Å²) in [7, 11) is 0. The Morgan fingerprint density at radius 1 is 1.36 bits per heavy atom. The van der Waals surface area contributed by atoms with Crippen LogP contribution in [0, 0.1) is 0 Å². The number of carbonyl (C=O) groups is 1. The molecule has 0 N–H and O–H groups in total. The number of rotatable bonds is 5. The van der Waals surface area contributed by atoms with Crippen LogP contribution < -0.4 is 4.74 Å². The molecule has 1 aromatic rings. The van der Waals surface area contributed by atoms with E-state index in [0.717, 1.165) is 19.6 Å². The van der Waals surface area contributed by atoms with Gasteiger partial charge in [-0.3, -0.25) is 9.69 Å². The van der Waals surface area contributed by atoms with Crippen LogP contribution in [0.1, 0.15) is 6.92 Å². The van der Waals surface area contributed by atoms with Gasteiger partial charge in [-0.15, -0.1) is 6.58 Å². The third-order valence-corrected chi connectivity index (χ3v) is 4.16. The van der Waals surface area contributed by atoms with Gasteiger partial charge >= 0.3 is 0 Å². The Labute approximate surface area is 141 Å². The van der Waals surface area contributed by atoms with Crippen molar-refractivity contribution in [2.24, 2.45) is 0 Å². The lowest BCUT2D eigenvalue weighted by Crippen LogP contribution is -2.51. The van der Waals surface area contributed by atoms with Gasteiger partial charge in [0, 0.05) is 43.8 Å². The lowest BCUT2D eigenvalue weighted by Gasteiger charge is -2.35. The van der Waals surface area contributed by atoms with E-state index in [1.807, 2.05) is 11.0 Å². The molecule has 0 saturated carbocycles. The number of hydrogen-bond donors (Lipinski definition) is 0. The van der Waals surface area contributed by atoms with Crippen molar-refractivity contribution in [2.75, 3.05) is 32.7 Å². The minimum absolute atomic E-state index is 0.0331. The highest BCUT2D eigenvalue weighted by Gasteiger charge is 2.26. The average Bonchev–Trinajstić information content (AvgIpc) is 2.51. The van der Waals surface area contributed by atoms with Crippen LogP contribution in [0.15, 0.2) is 30.9 Å². The number of halogens is 2. The van der Waals surface area contributed by atoms with Crippen LogP contribution in [-0.2, 0) is 4.79 Å². The van der Waals surface area contributed by atoms with Crippen LogP contribution in [0.4, 0.5) is 0 Å². The quantitative estimate of drug-likeness (QED) is 0.771. The van der Waals surface area contributed by atoms with Gasteiger partial charge in [0.25, 0.3) is 5.91 Å². The van der Waals surface area contributed by atoms with Crippen LogP contribution in [0.2, 0.25) is 10.0 Å². The first kappa shape index (κ1) is 17.1. The maximum atomic E-state index is 12.4. The molecule has 0 spiro atoms. The first-order chi connectivity index (χ1) is 10.5. The zero-order valence-electron chi connectivity index (χ0n) is 12.6. The Hall–Kier alpha value is -1.23. The van der Waals surface area contributed by atoms with Gasteiger partial charge in [-0.2, -0.15) is 0 Å². The molecule has 1 fully saturated rings. The number of amides is 1. The number of carbonyl (C=O) groups excluding carboxylic acids is 1. The van der Waals surface area contributed by atoms with Gasteiger partial charge < -0.3 is 9.64 Å². The summed E-state index contributed by atoms with van der Waals surface area (Å²) in [6.45, 7) is 9.41. The second-order valence-corrected chi connectivity index (χ2v) is 6.09. The summed E-state index contributed by atoms with van der Waals surface area (Å²) in [5.74, 6) is 0.398.